The fourth-order valence-electron chi connectivity index (χ4n) is 2.31. The molecule has 0 aliphatic carbocycles. The van der Waals surface area contributed by atoms with Gasteiger partial charge in [0.25, 0.3) is 5.91 Å². The van der Waals surface area contributed by atoms with E-state index in [-0.39, 0.29) is 12.5 Å². The number of amides is 1. The number of hydrogen-bond donors (Lipinski definition) is 0. The van der Waals surface area contributed by atoms with Crippen molar-refractivity contribution < 1.29 is 9.53 Å². The van der Waals surface area contributed by atoms with Crippen molar-refractivity contribution in [2.75, 3.05) is 13.2 Å². The summed E-state index contributed by atoms with van der Waals surface area (Å²) in [6.07, 6.45) is 2.66. The van der Waals surface area contributed by atoms with E-state index in [2.05, 4.69) is 16.4 Å². The predicted octanol–water partition coefficient (Wildman–Crippen LogP) is 2.42. The molecule has 3 heterocycles. The maximum absolute atomic E-state index is 12.2. The molecule has 0 radical (unpaired) electrons. The van der Waals surface area contributed by atoms with Crippen LogP contribution in [0, 0.1) is 6.92 Å². The number of fused-ring (bicyclic) bond motifs is 1. The van der Waals surface area contributed by atoms with Gasteiger partial charge in [0, 0.05) is 24.2 Å². The number of hydrogen-bond acceptors (Lipinski definition) is 4. The SMILES string of the molecule is Cc1ncccc1OCC(=O)N1CCc2sccc2C1. The predicted molar refractivity (Wildman–Crippen MR) is 77.9 cm³/mol. The number of aromatic nitrogens is 1. The summed E-state index contributed by atoms with van der Waals surface area (Å²) in [6, 6.07) is 5.75. The number of pyridine rings is 1. The first-order chi connectivity index (χ1) is 9.74. The number of carbonyl (C=O) groups is 1. The van der Waals surface area contributed by atoms with E-state index >= 15 is 0 Å². The maximum Gasteiger partial charge on any atom is 0.260 e. The Balaban J connectivity index is 1.59. The van der Waals surface area contributed by atoms with Crippen molar-refractivity contribution in [1.82, 2.24) is 9.88 Å². The summed E-state index contributed by atoms with van der Waals surface area (Å²) in [5, 5.41) is 2.09. The number of nitrogens with zero attached hydrogens (tertiary/aromatic N) is 2. The Hall–Kier alpha value is -1.88. The van der Waals surface area contributed by atoms with Crippen LogP contribution in [0.5, 0.6) is 5.75 Å². The second-order valence-electron chi connectivity index (χ2n) is 4.81. The van der Waals surface area contributed by atoms with E-state index in [1.807, 2.05) is 24.0 Å². The third-order valence-corrected chi connectivity index (χ3v) is 4.49. The zero-order valence-corrected chi connectivity index (χ0v) is 12.2. The standard InChI is InChI=1S/C15H16N2O2S/c1-11-13(3-2-6-16-11)19-10-15(18)17-7-4-14-12(9-17)5-8-20-14/h2-3,5-6,8H,4,7,9-10H2,1H3. The molecule has 4 nitrogen and oxygen atoms in total. The summed E-state index contributed by atoms with van der Waals surface area (Å²) in [4.78, 5) is 19.6. The molecule has 0 unspecified atom stereocenters. The molecule has 0 spiro atoms. The third kappa shape index (κ3) is 2.67. The first kappa shape index (κ1) is 13.1. The Bertz CT molecular complexity index is 624. The molecule has 104 valence electrons. The normalized spacial score (nSPS) is 13.9. The summed E-state index contributed by atoms with van der Waals surface area (Å²) < 4.78 is 5.57. The Morgan fingerprint density at radius 1 is 1.50 bits per heavy atom. The van der Waals surface area contributed by atoms with Crippen molar-refractivity contribution in [3.8, 4) is 5.75 Å². The molecule has 1 amide bonds. The average Bonchev–Trinajstić information content (AvgIpc) is 2.93. The van der Waals surface area contributed by atoms with Crippen molar-refractivity contribution in [2.24, 2.45) is 0 Å². The minimum absolute atomic E-state index is 0.0325. The first-order valence-electron chi connectivity index (χ1n) is 6.61. The molecule has 2 aromatic rings. The molecule has 0 saturated carbocycles. The molecule has 20 heavy (non-hydrogen) atoms. The van der Waals surface area contributed by atoms with Crippen LogP contribution in [0.4, 0.5) is 0 Å². The van der Waals surface area contributed by atoms with Gasteiger partial charge in [-0.1, -0.05) is 0 Å². The largest absolute Gasteiger partial charge is 0.482 e. The molecule has 3 rings (SSSR count). The molecular weight excluding hydrogens is 272 g/mol. The van der Waals surface area contributed by atoms with Crippen LogP contribution in [-0.4, -0.2) is 28.9 Å². The number of rotatable bonds is 3. The molecule has 0 N–H and O–H groups in total. The highest BCUT2D eigenvalue weighted by atomic mass is 32.1. The summed E-state index contributed by atoms with van der Waals surface area (Å²) in [7, 11) is 0. The third-order valence-electron chi connectivity index (χ3n) is 3.47. The lowest BCUT2D eigenvalue weighted by Crippen LogP contribution is -2.38. The molecule has 1 aliphatic rings. The van der Waals surface area contributed by atoms with Crippen molar-refractivity contribution in [1.29, 1.82) is 0 Å². The molecule has 0 bridgehead atoms. The van der Waals surface area contributed by atoms with Gasteiger partial charge in [0.05, 0.1) is 5.69 Å². The van der Waals surface area contributed by atoms with Crippen molar-refractivity contribution in [3.05, 3.63) is 45.9 Å². The van der Waals surface area contributed by atoms with E-state index in [0.717, 1.165) is 18.7 Å². The molecule has 0 aromatic carbocycles. The van der Waals surface area contributed by atoms with Gasteiger partial charge < -0.3 is 9.64 Å². The summed E-state index contributed by atoms with van der Waals surface area (Å²) in [5.74, 6) is 0.708. The number of aryl methyl sites for hydroxylation is 1. The number of ether oxygens (including phenoxy) is 1. The van der Waals surface area contributed by atoms with Crippen LogP contribution < -0.4 is 4.74 Å². The quantitative estimate of drug-likeness (QED) is 0.871. The highest BCUT2D eigenvalue weighted by molar-refractivity contribution is 7.10. The topological polar surface area (TPSA) is 42.4 Å². The van der Waals surface area contributed by atoms with Crippen LogP contribution in [0.3, 0.4) is 0 Å². The van der Waals surface area contributed by atoms with Gasteiger partial charge >= 0.3 is 0 Å². The van der Waals surface area contributed by atoms with E-state index in [1.54, 1.807) is 17.5 Å². The van der Waals surface area contributed by atoms with Crippen LogP contribution in [0.1, 0.15) is 16.1 Å². The summed E-state index contributed by atoms with van der Waals surface area (Å²) in [5.41, 5.74) is 2.08. The minimum Gasteiger partial charge on any atom is -0.482 e. The van der Waals surface area contributed by atoms with Crippen LogP contribution in [0.15, 0.2) is 29.8 Å². The number of carbonyl (C=O) groups excluding carboxylic acids is 1. The lowest BCUT2D eigenvalue weighted by Gasteiger charge is -2.27. The van der Waals surface area contributed by atoms with E-state index in [1.165, 1.54) is 10.4 Å². The molecule has 0 saturated heterocycles. The average molecular weight is 288 g/mol. The Morgan fingerprint density at radius 2 is 2.40 bits per heavy atom. The first-order valence-corrected chi connectivity index (χ1v) is 7.49. The Labute approximate surface area is 122 Å². The van der Waals surface area contributed by atoms with E-state index in [4.69, 9.17) is 4.74 Å². The highest BCUT2D eigenvalue weighted by Crippen LogP contribution is 2.24. The van der Waals surface area contributed by atoms with E-state index < -0.39 is 0 Å². The van der Waals surface area contributed by atoms with Gasteiger partial charge in [-0.3, -0.25) is 9.78 Å². The van der Waals surface area contributed by atoms with Gasteiger partial charge in [0.15, 0.2) is 6.61 Å². The Morgan fingerprint density at radius 3 is 3.25 bits per heavy atom. The number of thiophene rings is 1. The lowest BCUT2D eigenvalue weighted by atomic mass is 10.1. The van der Waals surface area contributed by atoms with Gasteiger partial charge in [-0.05, 0) is 42.5 Å². The molecule has 0 fully saturated rings. The molecular formula is C15H16N2O2S. The molecule has 0 atom stereocenters. The van der Waals surface area contributed by atoms with Crippen LogP contribution in [-0.2, 0) is 17.8 Å². The van der Waals surface area contributed by atoms with Gasteiger partial charge in [-0.2, -0.15) is 0 Å². The second-order valence-corrected chi connectivity index (χ2v) is 5.81. The van der Waals surface area contributed by atoms with E-state index in [9.17, 15) is 4.79 Å². The molecule has 2 aromatic heterocycles. The highest BCUT2D eigenvalue weighted by Gasteiger charge is 2.21. The Kier molecular flexibility index (Phi) is 3.69. The fourth-order valence-corrected chi connectivity index (χ4v) is 3.20. The van der Waals surface area contributed by atoms with Crippen molar-refractivity contribution >= 4 is 17.2 Å². The zero-order chi connectivity index (χ0) is 13.9. The molecule has 1 aliphatic heterocycles. The van der Waals surface area contributed by atoms with Gasteiger partial charge in [0.2, 0.25) is 0 Å². The van der Waals surface area contributed by atoms with Gasteiger partial charge in [0.1, 0.15) is 5.75 Å². The summed E-state index contributed by atoms with van der Waals surface area (Å²) >= 11 is 1.77. The maximum atomic E-state index is 12.2. The van der Waals surface area contributed by atoms with Crippen LogP contribution in [0.2, 0.25) is 0 Å². The van der Waals surface area contributed by atoms with Crippen LogP contribution >= 0.6 is 11.3 Å². The summed E-state index contributed by atoms with van der Waals surface area (Å²) in [6.45, 7) is 3.43. The van der Waals surface area contributed by atoms with Gasteiger partial charge in [-0.15, -0.1) is 11.3 Å². The monoisotopic (exact) mass is 288 g/mol. The lowest BCUT2D eigenvalue weighted by molar-refractivity contribution is -0.134. The van der Waals surface area contributed by atoms with Gasteiger partial charge in [-0.25, -0.2) is 0 Å². The van der Waals surface area contributed by atoms with E-state index in [0.29, 0.717) is 12.3 Å². The fraction of sp³-hybridized carbons (Fsp3) is 0.333. The molecule has 5 heteroatoms. The van der Waals surface area contributed by atoms with Crippen molar-refractivity contribution in [3.63, 3.8) is 0 Å². The minimum atomic E-state index is 0.0325. The second kappa shape index (κ2) is 5.63. The zero-order valence-electron chi connectivity index (χ0n) is 11.3. The smallest absolute Gasteiger partial charge is 0.260 e. The van der Waals surface area contributed by atoms with Crippen LogP contribution in [0.25, 0.3) is 0 Å². The van der Waals surface area contributed by atoms with Crippen molar-refractivity contribution in [2.45, 2.75) is 19.9 Å².